The Labute approximate surface area is 134 Å². The van der Waals surface area contributed by atoms with Crippen LogP contribution in [0, 0.1) is 5.82 Å². The molecule has 0 saturated carbocycles. The van der Waals surface area contributed by atoms with Crippen LogP contribution in [0.15, 0.2) is 67.0 Å². The summed E-state index contributed by atoms with van der Waals surface area (Å²) < 4.78 is 13.6. The Morgan fingerprint density at radius 2 is 1.43 bits per heavy atom. The molecule has 0 aliphatic heterocycles. The fraction of sp³-hybridized carbons (Fsp3) is 0.111. The second kappa shape index (κ2) is 7.35. The first-order valence-electron chi connectivity index (χ1n) is 7.38. The minimum Gasteiger partial charge on any atom is -0.366 e. The van der Waals surface area contributed by atoms with Crippen LogP contribution in [0.5, 0.6) is 0 Å². The summed E-state index contributed by atoms with van der Waals surface area (Å²) in [5.41, 5.74) is 1.77. The second-order valence-corrected chi connectivity index (χ2v) is 5.07. The summed E-state index contributed by atoms with van der Waals surface area (Å²) in [6, 6.07) is 18.6. The number of nitrogens with one attached hydrogen (secondary N) is 2. The van der Waals surface area contributed by atoms with Gasteiger partial charge in [-0.1, -0.05) is 48.5 Å². The van der Waals surface area contributed by atoms with E-state index in [1.165, 1.54) is 18.0 Å². The van der Waals surface area contributed by atoms with Crippen LogP contribution in [0.1, 0.15) is 11.1 Å². The van der Waals surface area contributed by atoms with Crippen molar-refractivity contribution < 1.29 is 4.39 Å². The summed E-state index contributed by atoms with van der Waals surface area (Å²) in [4.78, 5) is 8.35. The largest absolute Gasteiger partial charge is 0.366 e. The third-order valence-corrected chi connectivity index (χ3v) is 3.40. The van der Waals surface area contributed by atoms with Crippen LogP contribution in [-0.4, -0.2) is 9.97 Å². The number of benzene rings is 2. The Bertz CT molecular complexity index is 762. The molecule has 5 heteroatoms. The van der Waals surface area contributed by atoms with Gasteiger partial charge in [-0.15, -0.1) is 0 Å². The van der Waals surface area contributed by atoms with Gasteiger partial charge in [0.05, 0.1) is 0 Å². The molecular formula is C18H17FN4. The molecule has 3 aromatic rings. The van der Waals surface area contributed by atoms with Crippen molar-refractivity contribution in [1.29, 1.82) is 0 Å². The van der Waals surface area contributed by atoms with Crippen LogP contribution in [0.2, 0.25) is 0 Å². The molecule has 23 heavy (non-hydrogen) atoms. The van der Waals surface area contributed by atoms with Crippen molar-refractivity contribution in [2.24, 2.45) is 0 Å². The maximum atomic E-state index is 13.6. The average Bonchev–Trinajstić information content (AvgIpc) is 2.61. The summed E-state index contributed by atoms with van der Waals surface area (Å²) >= 11 is 0. The fourth-order valence-electron chi connectivity index (χ4n) is 2.17. The molecule has 2 N–H and O–H groups in total. The Morgan fingerprint density at radius 1 is 0.783 bits per heavy atom. The molecule has 1 aromatic heterocycles. The van der Waals surface area contributed by atoms with Gasteiger partial charge in [-0.3, -0.25) is 0 Å². The van der Waals surface area contributed by atoms with E-state index in [1.807, 2.05) is 42.5 Å². The van der Waals surface area contributed by atoms with Crippen LogP contribution >= 0.6 is 0 Å². The van der Waals surface area contributed by atoms with E-state index in [-0.39, 0.29) is 5.82 Å². The number of aromatic nitrogens is 2. The van der Waals surface area contributed by atoms with E-state index < -0.39 is 0 Å². The van der Waals surface area contributed by atoms with Gasteiger partial charge in [-0.05, 0) is 11.6 Å². The van der Waals surface area contributed by atoms with Gasteiger partial charge in [0.1, 0.15) is 23.8 Å². The van der Waals surface area contributed by atoms with Gasteiger partial charge >= 0.3 is 0 Å². The second-order valence-electron chi connectivity index (χ2n) is 5.07. The highest BCUT2D eigenvalue weighted by Crippen LogP contribution is 2.13. The van der Waals surface area contributed by atoms with Crippen LogP contribution in [0.3, 0.4) is 0 Å². The highest BCUT2D eigenvalue weighted by Gasteiger charge is 2.02. The van der Waals surface area contributed by atoms with Gasteiger partial charge in [-0.2, -0.15) is 0 Å². The Kier molecular flexibility index (Phi) is 4.79. The number of halogens is 1. The third kappa shape index (κ3) is 4.26. The number of rotatable bonds is 6. The lowest BCUT2D eigenvalue weighted by Crippen LogP contribution is -2.06. The van der Waals surface area contributed by atoms with Crippen LogP contribution in [0.4, 0.5) is 16.0 Å². The van der Waals surface area contributed by atoms with Crippen molar-refractivity contribution in [3.05, 3.63) is 83.9 Å². The molecule has 0 spiro atoms. The first-order valence-corrected chi connectivity index (χ1v) is 7.38. The Morgan fingerprint density at radius 3 is 2.17 bits per heavy atom. The molecule has 1 heterocycles. The molecule has 0 amide bonds. The van der Waals surface area contributed by atoms with Crippen molar-refractivity contribution in [3.8, 4) is 0 Å². The molecule has 0 fully saturated rings. The first kappa shape index (κ1) is 15.0. The van der Waals surface area contributed by atoms with Crippen LogP contribution in [-0.2, 0) is 13.1 Å². The monoisotopic (exact) mass is 308 g/mol. The topological polar surface area (TPSA) is 49.8 Å². The van der Waals surface area contributed by atoms with Crippen molar-refractivity contribution >= 4 is 11.6 Å². The summed E-state index contributed by atoms with van der Waals surface area (Å²) in [5.74, 6) is 1.15. The van der Waals surface area contributed by atoms with E-state index in [2.05, 4.69) is 20.6 Å². The highest BCUT2D eigenvalue weighted by molar-refractivity contribution is 5.47. The molecule has 0 radical (unpaired) electrons. The third-order valence-electron chi connectivity index (χ3n) is 3.40. The maximum Gasteiger partial charge on any atom is 0.131 e. The van der Waals surface area contributed by atoms with Gasteiger partial charge in [0.25, 0.3) is 0 Å². The van der Waals surface area contributed by atoms with E-state index in [0.717, 1.165) is 5.82 Å². The summed E-state index contributed by atoms with van der Waals surface area (Å²) in [6.07, 6.45) is 1.48. The maximum absolute atomic E-state index is 13.6. The lowest BCUT2D eigenvalue weighted by Gasteiger charge is -2.09. The molecule has 0 saturated heterocycles. The lowest BCUT2D eigenvalue weighted by atomic mass is 10.2. The van der Waals surface area contributed by atoms with Gasteiger partial charge in [0.15, 0.2) is 0 Å². The fourth-order valence-corrected chi connectivity index (χ4v) is 2.17. The lowest BCUT2D eigenvalue weighted by molar-refractivity contribution is 0.613. The molecule has 116 valence electrons. The zero-order chi connectivity index (χ0) is 15.9. The van der Waals surface area contributed by atoms with E-state index in [0.29, 0.717) is 24.5 Å². The molecule has 0 bridgehead atoms. The number of nitrogens with zero attached hydrogens (tertiary/aromatic N) is 2. The SMILES string of the molecule is Fc1ccccc1CNc1cc(NCc2ccccc2)ncn1. The average molecular weight is 308 g/mol. The smallest absolute Gasteiger partial charge is 0.131 e. The van der Waals surface area contributed by atoms with Gasteiger partial charge in [-0.25, -0.2) is 14.4 Å². The molecular weight excluding hydrogens is 291 g/mol. The molecule has 0 atom stereocenters. The van der Waals surface area contributed by atoms with Crippen molar-refractivity contribution in [3.63, 3.8) is 0 Å². The standard InChI is InChI=1S/C18H17FN4/c19-16-9-5-4-8-15(16)12-21-18-10-17(22-13-23-18)20-11-14-6-2-1-3-7-14/h1-10,13H,11-12H2,(H2,20,21,22,23). The Balaban J connectivity index is 1.60. The molecule has 0 unspecified atom stereocenters. The summed E-state index contributed by atoms with van der Waals surface area (Å²) in [6.45, 7) is 1.06. The van der Waals surface area contributed by atoms with E-state index >= 15 is 0 Å². The van der Waals surface area contributed by atoms with Gasteiger partial charge < -0.3 is 10.6 Å². The van der Waals surface area contributed by atoms with Crippen molar-refractivity contribution in [1.82, 2.24) is 9.97 Å². The van der Waals surface area contributed by atoms with Crippen LogP contribution in [0.25, 0.3) is 0 Å². The normalized spacial score (nSPS) is 10.3. The number of hydrogen-bond acceptors (Lipinski definition) is 4. The van der Waals surface area contributed by atoms with Crippen molar-refractivity contribution in [2.45, 2.75) is 13.1 Å². The molecule has 0 aliphatic carbocycles. The van der Waals surface area contributed by atoms with Crippen molar-refractivity contribution in [2.75, 3.05) is 10.6 Å². The zero-order valence-electron chi connectivity index (χ0n) is 12.5. The number of anilines is 2. The predicted molar refractivity (Wildman–Crippen MR) is 89.5 cm³/mol. The van der Waals surface area contributed by atoms with E-state index in [1.54, 1.807) is 12.1 Å². The van der Waals surface area contributed by atoms with E-state index in [4.69, 9.17) is 0 Å². The molecule has 4 nitrogen and oxygen atoms in total. The Hall–Kier alpha value is -2.95. The summed E-state index contributed by atoms with van der Waals surface area (Å²) in [5, 5.41) is 6.35. The molecule has 0 aliphatic rings. The van der Waals surface area contributed by atoms with Crippen LogP contribution < -0.4 is 10.6 Å². The highest BCUT2D eigenvalue weighted by atomic mass is 19.1. The quantitative estimate of drug-likeness (QED) is 0.726. The molecule has 3 rings (SSSR count). The minimum atomic E-state index is -0.225. The minimum absolute atomic E-state index is 0.225. The van der Waals surface area contributed by atoms with Gasteiger partial charge in [0.2, 0.25) is 0 Å². The summed E-state index contributed by atoms with van der Waals surface area (Å²) in [7, 11) is 0. The zero-order valence-corrected chi connectivity index (χ0v) is 12.5. The van der Waals surface area contributed by atoms with E-state index in [9.17, 15) is 4.39 Å². The number of hydrogen-bond donors (Lipinski definition) is 2. The predicted octanol–water partition coefficient (Wildman–Crippen LogP) is 3.84. The molecule has 2 aromatic carbocycles. The van der Waals surface area contributed by atoms with Gasteiger partial charge in [0, 0.05) is 24.7 Å². The first-order chi connectivity index (χ1) is 11.3.